The third-order valence-corrected chi connectivity index (χ3v) is 6.27. The van der Waals surface area contributed by atoms with E-state index in [4.69, 9.17) is 4.74 Å². The van der Waals surface area contributed by atoms with Crippen molar-refractivity contribution >= 4 is 21.7 Å². The van der Waals surface area contributed by atoms with Crippen LogP contribution in [0.15, 0.2) is 24.4 Å². The summed E-state index contributed by atoms with van der Waals surface area (Å²) in [5.74, 6) is -0.792. The second kappa shape index (κ2) is 7.09. The van der Waals surface area contributed by atoms with Crippen molar-refractivity contribution in [2.75, 3.05) is 37.8 Å². The van der Waals surface area contributed by atoms with Gasteiger partial charge >= 0.3 is 0 Å². The predicted molar refractivity (Wildman–Crippen MR) is 89.7 cm³/mol. The fourth-order valence-electron chi connectivity index (χ4n) is 3.42. The number of fused-ring (bicyclic) bond motifs is 1. The number of ether oxygens (including phenoxy) is 1. The zero-order chi connectivity index (χ0) is 18.0. The van der Waals surface area contributed by atoms with E-state index in [1.807, 2.05) is 0 Å². The van der Waals surface area contributed by atoms with Crippen LogP contribution < -0.4 is 0 Å². The van der Waals surface area contributed by atoms with Crippen LogP contribution in [0.3, 0.4) is 0 Å². The van der Waals surface area contributed by atoms with Crippen molar-refractivity contribution in [3.63, 3.8) is 0 Å². The van der Waals surface area contributed by atoms with Crippen LogP contribution in [0.2, 0.25) is 0 Å². The Labute approximate surface area is 146 Å². The summed E-state index contributed by atoms with van der Waals surface area (Å²) in [6.07, 6.45) is 1.53. The number of aromatic nitrogens is 1. The van der Waals surface area contributed by atoms with Gasteiger partial charge in [0.2, 0.25) is 5.91 Å². The molecular weight excluding hydrogens is 346 g/mol. The maximum Gasteiger partial charge on any atom is 0.272 e. The zero-order valence-electron chi connectivity index (χ0n) is 14.0. The van der Waals surface area contributed by atoms with Gasteiger partial charge in [-0.1, -0.05) is 6.07 Å². The number of hydrogen-bond donors (Lipinski definition) is 0. The van der Waals surface area contributed by atoms with E-state index in [0.717, 1.165) is 0 Å². The molecule has 0 radical (unpaired) electrons. The van der Waals surface area contributed by atoms with Crippen molar-refractivity contribution in [1.82, 2.24) is 14.8 Å². The van der Waals surface area contributed by atoms with Crippen molar-refractivity contribution < 1.29 is 22.7 Å². The molecule has 2 aliphatic rings. The molecule has 2 fully saturated rings. The Hall–Kier alpha value is -2.00. The highest BCUT2D eigenvalue weighted by Gasteiger charge is 2.49. The topological polar surface area (TPSA) is 96.9 Å². The molecule has 0 aromatic carbocycles. The molecule has 9 heteroatoms. The number of pyridine rings is 1. The average molecular weight is 367 g/mol. The summed E-state index contributed by atoms with van der Waals surface area (Å²) in [4.78, 5) is 32.2. The van der Waals surface area contributed by atoms with Crippen molar-refractivity contribution in [1.29, 1.82) is 0 Å². The van der Waals surface area contributed by atoms with Gasteiger partial charge in [0.15, 0.2) is 9.84 Å². The second-order valence-electron chi connectivity index (χ2n) is 6.15. The lowest BCUT2D eigenvalue weighted by atomic mass is 10.0. The Bertz CT molecular complexity index is 752. The van der Waals surface area contributed by atoms with E-state index in [1.165, 1.54) is 6.20 Å². The minimum atomic E-state index is -3.31. The smallest absolute Gasteiger partial charge is 0.272 e. The lowest BCUT2D eigenvalue weighted by Crippen LogP contribution is -2.62. The number of carbonyl (C=O) groups is 2. The molecule has 1 aromatic rings. The highest BCUT2D eigenvalue weighted by Crippen LogP contribution is 2.28. The van der Waals surface area contributed by atoms with E-state index in [9.17, 15) is 18.0 Å². The molecule has 0 N–H and O–H groups in total. The van der Waals surface area contributed by atoms with Crippen LogP contribution in [0.25, 0.3) is 0 Å². The summed E-state index contributed by atoms with van der Waals surface area (Å²) in [5, 5.41) is 0. The molecule has 8 nitrogen and oxygen atoms in total. The number of carbonyl (C=O) groups excluding carboxylic acids is 2. The van der Waals surface area contributed by atoms with Crippen LogP contribution in [-0.4, -0.2) is 84.9 Å². The first-order chi connectivity index (χ1) is 11.9. The fourth-order valence-corrected chi connectivity index (χ4v) is 5.40. The largest absolute Gasteiger partial charge is 0.372 e. The summed E-state index contributed by atoms with van der Waals surface area (Å²) in [7, 11) is -3.31. The molecule has 2 amide bonds. The molecule has 1 aromatic heterocycles. The molecule has 25 heavy (non-hydrogen) atoms. The molecule has 0 spiro atoms. The van der Waals surface area contributed by atoms with Crippen LogP contribution in [0.1, 0.15) is 17.4 Å². The first-order valence-electron chi connectivity index (χ1n) is 8.22. The van der Waals surface area contributed by atoms with Crippen molar-refractivity contribution in [2.24, 2.45) is 0 Å². The maximum absolute atomic E-state index is 12.7. The minimum Gasteiger partial charge on any atom is -0.372 e. The summed E-state index contributed by atoms with van der Waals surface area (Å²) in [6.45, 7) is 2.70. The van der Waals surface area contributed by atoms with Gasteiger partial charge in [0.1, 0.15) is 12.3 Å². The van der Waals surface area contributed by atoms with Gasteiger partial charge in [0.05, 0.1) is 23.6 Å². The molecule has 0 unspecified atom stereocenters. The molecule has 2 atom stereocenters. The van der Waals surface area contributed by atoms with Gasteiger partial charge in [-0.25, -0.2) is 8.42 Å². The normalized spacial score (nSPS) is 24.8. The SMILES string of the molecule is CCOCC(=O)N1CCN(C(=O)c2ccccn2)[C@@H]2CS(=O)(=O)C[C@@H]21. The van der Waals surface area contributed by atoms with Gasteiger partial charge < -0.3 is 14.5 Å². The molecule has 136 valence electrons. The van der Waals surface area contributed by atoms with Crippen LogP contribution in [0, 0.1) is 0 Å². The van der Waals surface area contributed by atoms with Gasteiger partial charge in [0.25, 0.3) is 5.91 Å². The van der Waals surface area contributed by atoms with Gasteiger partial charge in [-0.3, -0.25) is 14.6 Å². The molecule has 2 aliphatic heterocycles. The Morgan fingerprint density at radius 3 is 2.52 bits per heavy atom. The standard InChI is InChI=1S/C16H21N3O5S/c1-2-24-9-15(20)18-7-8-19(14-11-25(22,23)10-13(14)18)16(21)12-5-3-4-6-17-12/h3-6,13-14H,2,7-11H2,1H3/t13-,14+/m0/s1. The molecule has 3 rings (SSSR count). The van der Waals surface area contributed by atoms with Gasteiger partial charge in [-0.05, 0) is 19.1 Å². The minimum absolute atomic E-state index is 0.0754. The van der Waals surface area contributed by atoms with Crippen molar-refractivity contribution in [2.45, 2.75) is 19.0 Å². The monoisotopic (exact) mass is 367 g/mol. The van der Waals surface area contributed by atoms with E-state index in [0.29, 0.717) is 13.2 Å². The maximum atomic E-state index is 12.7. The highest BCUT2D eigenvalue weighted by atomic mass is 32.2. The van der Waals surface area contributed by atoms with Crippen molar-refractivity contribution in [3.05, 3.63) is 30.1 Å². The lowest BCUT2D eigenvalue weighted by molar-refractivity contribution is -0.141. The lowest BCUT2D eigenvalue weighted by Gasteiger charge is -2.43. The zero-order valence-corrected chi connectivity index (χ0v) is 14.8. The molecule has 3 heterocycles. The van der Waals surface area contributed by atoms with Crippen LogP contribution in [-0.2, 0) is 19.4 Å². The molecule has 0 saturated carbocycles. The van der Waals surface area contributed by atoms with Gasteiger partial charge in [-0.2, -0.15) is 0 Å². The number of hydrogen-bond acceptors (Lipinski definition) is 6. The predicted octanol–water partition coefficient (Wildman–Crippen LogP) is -0.432. The summed E-state index contributed by atoms with van der Waals surface area (Å²) in [5.41, 5.74) is 0.277. The first-order valence-corrected chi connectivity index (χ1v) is 10.0. The van der Waals surface area contributed by atoms with E-state index >= 15 is 0 Å². The van der Waals surface area contributed by atoms with E-state index in [-0.39, 0.29) is 42.2 Å². The quantitative estimate of drug-likeness (QED) is 0.716. The fraction of sp³-hybridized carbons (Fsp3) is 0.562. The van der Waals surface area contributed by atoms with Crippen LogP contribution >= 0.6 is 0 Å². The number of sulfone groups is 1. The summed E-state index contributed by atoms with van der Waals surface area (Å²) in [6, 6.07) is 3.96. The number of nitrogens with zero attached hydrogens (tertiary/aromatic N) is 3. The first kappa shape index (κ1) is 17.8. The number of piperazine rings is 1. The second-order valence-corrected chi connectivity index (χ2v) is 8.30. The van der Waals surface area contributed by atoms with E-state index < -0.39 is 21.9 Å². The van der Waals surface area contributed by atoms with E-state index in [2.05, 4.69) is 4.98 Å². The van der Waals surface area contributed by atoms with Gasteiger partial charge in [0, 0.05) is 25.9 Å². The third kappa shape index (κ3) is 3.67. The van der Waals surface area contributed by atoms with E-state index in [1.54, 1.807) is 34.9 Å². The Morgan fingerprint density at radius 2 is 1.88 bits per heavy atom. The van der Waals surface area contributed by atoms with Crippen LogP contribution in [0.4, 0.5) is 0 Å². The van der Waals surface area contributed by atoms with Crippen LogP contribution in [0.5, 0.6) is 0 Å². The summed E-state index contributed by atoms with van der Waals surface area (Å²) < 4.78 is 29.5. The molecule has 0 aliphatic carbocycles. The number of rotatable bonds is 4. The molecule has 2 saturated heterocycles. The van der Waals surface area contributed by atoms with Gasteiger partial charge in [-0.15, -0.1) is 0 Å². The summed E-state index contributed by atoms with van der Waals surface area (Å²) >= 11 is 0. The average Bonchev–Trinajstić information content (AvgIpc) is 2.93. The third-order valence-electron chi connectivity index (χ3n) is 4.57. The molecular formula is C16H21N3O5S. The Balaban J connectivity index is 1.83. The Kier molecular flexibility index (Phi) is 5.05. The highest BCUT2D eigenvalue weighted by molar-refractivity contribution is 7.91. The Morgan fingerprint density at radius 1 is 1.20 bits per heavy atom. The molecule has 0 bridgehead atoms. The van der Waals surface area contributed by atoms with Crippen molar-refractivity contribution in [3.8, 4) is 0 Å². The number of amides is 2.